The third kappa shape index (κ3) is 4.00. The molecule has 4 aromatic rings. The lowest BCUT2D eigenvalue weighted by Gasteiger charge is -2.11. The first kappa shape index (κ1) is 20.0. The molecule has 33 heavy (non-hydrogen) atoms. The average Bonchev–Trinajstić information content (AvgIpc) is 3.78. The highest BCUT2D eigenvalue weighted by Crippen LogP contribution is 2.40. The van der Waals surface area contributed by atoms with Crippen molar-refractivity contribution in [1.29, 1.82) is 0 Å². The summed E-state index contributed by atoms with van der Waals surface area (Å²) in [6, 6.07) is 10.2. The van der Waals surface area contributed by atoms with Gasteiger partial charge in [-0.05, 0) is 49.4 Å². The van der Waals surface area contributed by atoms with E-state index in [-0.39, 0.29) is 5.91 Å². The Morgan fingerprint density at radius 3 is 2.73 bits per heavy atom. The largest absolute Gasteiger partial charge is 0.496 e. The number of benzene rings is 1. The summed E-state index contributed by atoms with van der Waals surface area (Å²) in [5.41, 5.74) is 3.46. The number of rotatable bonds is 7. The van der Waals surface area contributed by atoms with Crippen molar-refractivity contribution in [2.75, 3.05) is 12.4 Å². The molecule has 2 fully saturated rings. The summed E-state index contributed by atoms with van der Waals surface area (Å²) < 4.78 is 7.51. The fraction of sp³-hybridized carbons (Fsp3) is 0.292. The predicted octanol–water partition coefficient (Wildman–Crippen LogP) is 4.94. The Morgan fingerprint density at radius 1 is 1.15 bits per heavy atom. The van der Waals surface area contributed by atoms with Gasteiger partial charge in [0.25, 0.3) is 5.91 Å². The van der Waals surface area contributed by atoms with E-state index in [9.17, 15) is 4.79 Å². The van der Waals surface area contributed by atoms with Crippen LogP contribution >= 0.6 is 11.3 Å². The van der Waals surface area contributed by atoms with Crippen molar-refractivity contribution in [2.24, 2.45) is 0 Å². The molecule has 9 heteroatoms. The van der Waals surface area contributed by atoms with Crippen molar-refractivity contribution in [3.63, 3.8) is 0 Å². The lowest BCUT2D eigenvalue weighted by Crippen LogP contribution is -2.13. The van der Waals surface area contributed by atoms with E-state index in [1.54, 1.807) is 13.4 Å². The SMILES string of the molecule is COc1ccc(-c2ccc(C3CC3)nc2)cc1C(=O)Nc1csc(-c2nncn2C2CC2)n1. The first-order valence-electron chi connectivity index (χ1n) is 11.0. The second-order valence-electron chi connectivity index (χ2n) is 8.45. The van der Waals surface area contributed by atoms with Crippen molar-refractivity contribution in [3.8, 4) is 27.7 Å². The van der Waals surface area contributed by atoms with Crippen molar-refractivity contribution in [2.45, 2.75) is 37.6 Å². The fourth-order valence-electron chi connectivity index (χ4n) is 3.89. The number of anilines is 1. The molecule has 0 aliphatic heterocycles. The summed E-state index contributed by atoms with van der Waals surface area (Å²) in [4.78, 5) is 22.3. The number of nitrogens with one attached hydrogen (secondary N) is 1. The summed E-state index contributed by atoms with van der Waals surface area (Å²) in [7, 11) is 1.56. The van der Waals surface area contributed by atoms with Crippen molar-refractivity contribution < 1.29 is 9.53 Å². The third-order valence-corrected chi connectivity index (χ3v) is 6.85. The maximum atomic E-state index is 13.1. The van der Waals surface area contributed by atoms with Crippen LogP contribution in [0.5, 0.6) is 5.75 Å². The smallest absolute Gasteiger partial charge is 0.260 e. The molecule has 1 amide bonds. The number of amides is 1. The molecule has 0 bridgehead atoms. The highest BCUT2D eigenvalue weighted by Gasteiger charge is 2.28. The molecule has 2 saturated carbocycles. The van der Waals surface area contributed by atoms with Crippen LogP contribution in [0, 0.1) is 0 Å². The first-order valence-corrected chi connectivity index (χ1v) is 11.9. The minimum atomic E-state index is -0.281. The number of ether oxygens (including phenoxy) is 1. The Morgan fingerprint density at radius 2 is 2.00 bits per heavy atom. The minimum Gasteiger partial charge on any atom is -0.496 e. The van der Waals surface area contributed by atoms with E-state index in [0.717, 1.165) is 40.5 Å². The number of methoxy groups -OCH3 is 1. The molecule has 6 rings (SSSR count). The summed E-state index contributed by atoms with van der Waals surface area (Å²) in [5, 5.41) is 13.7. The van der Waals surface area contributed by atoms with Gasteiger partial charge in [-0.3, -0.25) is 9.78 Å². The van der Waals surface area contributed by atoms with E-state index in [1.165, 1.54) is 24.2 Å². The first-order chi connectivity index (χ1) is 16.2. The Hall–Kier alpha value is -3.59. The zero-order valence-corrected chi connectivity index (χ0v) is 18.9. The highest BCUT2D eigenvalue weighted by molar-refractivity contribution is 7.13. The summed E-state index contributed by atoms with van der Waals surface area (Å²) in [5.74, 6) is 2.05. The number of hydrogen-bond acceptors (Lipinski definition) is 7. The highest BCUT2D eigenvalue weighted by atomic mass is 32.1. The number of carbonyl (C=O) groups is 1. The Labute approximate surface area is 194 Å². The van der Waals surface area contributed by atoms with Gasteiger partial charge < -0.3 is 14.6 Å². The molecule has 8 nitrogen and oxygen atoms in total. The van der Waals surface area contributed by atoms with Gasteiger partial charge in [-0.15, -0.1) is 21.5 Å². The van der Waals surface area contributed by atoms with E-state index in [2.05, 4.69) is 42.2 Å². The summed E-state index contributed by atoms with van der Waals surface area (Å²) in [6.07, 6.45) is 8.33. The number of thiazole rings is 1. The number of pyridine rings is 1. The number of carbonyl (C=O) groups excluding carboxylic acids is 1. The molecule has 2 aliphatic rings. The van der Waals surface area contributed by atoms with Gasteiger partial charge in [-0.1, -0.05) is 12.1 Å². The molecule has 2 aliphatic carbocycles. The molecular weight excluding hydrogens is 436 g/mol. The van der Waals surface area contributed by atoms with Gasteiger partial charge in [0.15, 0.2) is 10.8 Å². The lowest BCUT2D eigenvalue weighted by atomic mass is 10.0. The van der Waals surface area contributed by atoms with Crippen LogP contribution in [-0.4, -0.2) is 37.7 Å². The normalized spacial score (nSPS) is 15.4. The molecule has 3 aromatic heterocycles. The van der Waals surface area contributed by atoms with Gasteiger partial charge >= 0.3 is 0 Å². The molecule has 0 atom stereocenters. The van der Waals surface area contributed by atoms with Crippen LogP contribution in [0.4, 0.5) is 5.82 Å². The van der Waals surface area contributed by atoms with Gasteiger partial charge in [-0.2, -0.15) is 0 Å². The molecule has 3 heterocycles. The van der Waals surface area contributed by atoms with Crippen molar-refractivity contribution in [3.05, 3.63) is 59.5 Å². The zero-order chi connectivity index (χ0) is 22.4. The molecule has 1 aromatic carbocycles. The van der Waals surface area contributed by atoms with Crippen LogP contribution in [0.3, 0.4) is 0 Å². The van der Waals surface area contributed by atoms with Crippen LogP contribution in [0.1, 0.15) is 53.7 Å². The van der Waals surface area contributed by atoms with Gasteiger partial charge in [-0.25, -0.2) is 4.98 Å². The molecular formula is C24H22N6O2S. The van der Waals surface area contributed by atoms with Crippen LogP contribution in [0.2, 0.25) is 0 Å². The molecule has 1 N–H and O–H groups in total. The number of aromatic nitrogens is 5. The Kier molecular flexibility index (Phi) is 4.91. The van der Waals surface area contributed by atoms with Gasteiger partial charge in [0.2, 0.25) is 0 Å². The molecule has 166 valence electrons. The maximum absolute atomic E-state index is 13.1. The van der Waals surface area contributed by atoms with Crippen LogP contribution in [-0.2, 0) is 0 Å². The monoisotopic (exact) mass is 458 g/mol. The zero-order valence-electron chi connectivity index (χ0n) is 18.1. The minimum absolute atomic E-state index is 0.281. The van der Waals surface area contributed by atoms with Crippen LogP contribution in [0.25, 0.3) is 22.0 Å². The van der Waals surface area contributed by atoms with Crippen molar-refractivity contribution >= 4 is 23.1 Å². The second-order valence-corrected chi connectivity index (χ2v) is 9.30. The topological polar surface area (TPSA) is 94.8 Å². The Balaban J connectivity index is 1.24. The Bertz CT molecular complexity index is 1320. The lowest BCUT2D eigenvalue weighted by molar-refractivity contribution is 0.102. The van der Waals surface area contributed by atoms with Gasteiger partial charge in [0, 0.05) is 34.8 Å². The fourth-order valence-corrected chi connectivity index (χ4v) is 4.63. The standard InChI is InChI=1S/C24H22N6O2S/c1-32-20-9-5-15(16-4-8-19(25-11-16)14-2-3-14)10-18(20)23(31)27-21-12-33-24(28-21)22-29-26-13-30(22)17-6-7-17/h4-5,8-14,17H,2-3,6-7H2,1H3,(H,27,31). The summed E-state index contributed by atoms with van der Waals surface area (Å²) >= 11 is 1.43. The quantitative estimate of drug-likeness (QED) is 0.422. The third-order valence-electron chi connectivity index (χ3n) is 6.01. The molecule has 0 spiro atoms. The van der Waals surface area contributed by atoms with E-state index >= 15 is 0 Å². The molecule has 0 radical (unpaired) electrons. The van der Waals surface area contributed by atoms with Gasteiger partial charge in [0.05, 0.1) is 12.7 Å². The molecule has 0 saturated heterocycles. The van der Waals surface area contributed by atoms with Crippen molar-refractivity contribution in [1.82, 2.24) is 24.7 Å². The van der Waals surface area contributed by atoms with E-state index < -0.39 is 0 Å². The number of nitrogens with zero attached hydrogens (tertiary/aromatic N) is 5. The molecule has 0 unspecified atom stereocenters. The second kappa shape index (κ2) is 8.08. The number of hydrogen-bond donors (Lipinski definition) is 1. The predicted molar refractivity (Wildman–Crippen MR) is 126 cm³/mol. The van der Waals surface area contributed by atoms with Crippen LogP contribution < -0.4 is 10.1 Å². The summed E-state index contributed by atoms with van der Waals surface area (Å²) in [6.45, 7) is 0. The average molecular weight is 459 g/mol. The van der Waals surface area contributed by atoms with E-state index in [4.69, 9.17) is 4.74 Å². The van der Waals surface area contributed by atoms with Gasteiger partial charge in [0.1, 0.15) is 17.9 Å². The maximum Gasteiger partial charge on any atom is 0.260 e. The van der Waals surface area contributed by atoms with E-state index in [0.29, 0.717) is 29.1 Å². The van der Waals surface area contributed by atoms with E-state index in [1.807, 2.05) is 29.8 Å². The van der Waals surface area contributed by atoms with Crippen LogP contribution in [0.15, 0.2) is 48.2 Å².